The Morgan fingerprint density at radius 2 is 1.69 bits per heavy atom. The summed E-state index contributed by atoms with van der Waals surface area (Å²) in [6.45, 7) is 11.1. The number of nitrogens with one attached hydrogen (secondary N) is 3. The standard InChI is InChI=1S/C42H48N6O3/c1-27(2)37(47-41(50)51-6)40(49)48-22-12-19-36(48)39-44-26-35(46-39)31-21-20-28(34(24-31)30-16-11-17-32(23-30)42(3,4)5)13-9-10-18-33-25-43-38(45-33)29-14-7-8-15-29/h11,16-17,20-21,23-27,29,36-37H,7-8,12,14-15,19,22H2,1-6H3,(H,43,45)(H,44,46)(H,47,50)/t36-,37-/m0/s1. The summed E-state index contributed by atoms with van der Waals surface area (Å²) in [5.74, 6) is 14.6. The Balaban J connectivity index is 1.29. The second kappa shape index (κ2) is 15.3. The van der Waals surface area contributed by atoms with E-state index in [9.17, 15) is 9.59 Å². The van der Waals surface area contributed by atoms with Gasteiger partial charge in [-0.15, -0.1) is 0 Å². The van der Waals surface area contributed by atoms with Crippen LogP contribution in [0.5, 0.6) is 0 Å². The molecule has 4 aromatic rings. The molecule has 51 heavy (non-hydrogen) atoms. The molecule has 2 aromatic carbocycles. The average molecular weight is 685 g/mol. The predicted octanol–water partition coefficient (Wildman–Crippen LogP) is 7.87. The topological polar surface area (TPSA) is 116 Å². The van der Waals surface area contributed by atoms with E-state index in [1.54, 1.807) is 0 Å². The molecule has 3 heterocycles. The van der Waals surface area contributed by atoms with Gasteiger partial charge in [0.25, 0.3) is 0 Å². The van der Waals surface area contributed by atoms with Crippen LogP contribution in [0.2, 0.25) is 0 Å². The number of hydrogen-bond acceptors (Lipinski definition) is 5. The minimum atomic E-state index is -0.689. The number of nitrogens with zero attached hydrogens (tertiary/aromatic N) is 3. The first-order valence-corrected chi connectivity index (χ1v) is 18.0. The van der Waals surface area contributed by atoms with Crippen LogP contribution in [0.3, 0.4) is 0 Å². The molecular formula is C42H48N6O3. The molecule has 6 rings (SSSR count). The molecule has 0 unspecified atom stereocenters. The van der Waals surface area contributed by atoms with Crippen LogP contribution in [0.4, 0.5) is 4.79 Å². The molecule has 0 bridgehead atoms. The lowest BCUT2D eigenvalue weighted by Crippen LogP contribution is -2.51. The SMILES string of the molecule is COC(=O)N[C@H](C(=O)N1CCC[C@H]1c1ncc(-c2ccc(C#CC#Cc3cnc(C4CCCC4)[nH]3)c(-c3cccc(C(C)(C)C)c3)c2)[nH]1)C(C)C. The van der Waals surface area contributed by atoms with Crippen molar-refractivity contribution in [2.45, 2.75) is 96.6 Å². The smallest absolute Gasteiger partial charge is 0.407 e. The number of methoxy groups -OCH3 is 1. The number of aromatic nitrogens is 4. The zero-order valence-corrected chi connectivity index (χ0v) is 30.5. The molecule has 0 radical (unpaired) electrons. The van der Waals surface area contributed by atoms with E-state index >= 15 is 0 Å². The Morgan fingerprint density at radius 1 is 0.922 bits per heavy atom. The van der Waals surface area contributed by atoms with Crippen molar-refractivity contribution < 1.29 is 14.3 Å². The van der Waals surface area contributed by atoms with Crippen molar-refractivity contribution in [1.29, 1.82) is 0 Å². The van der Waals surface area contributed by atoms with E-state index in [4.69, 9.17) is 9.72 Å². The van der Waals surface area contributed by atoms with Gasteiger partial charge in [-0.1, -0.05) is 83.7 Å². The molecule has 9 heteroatoms. The number of imidazole rings is 2. The lowest BCUT2D eigenvalue weighted by Gasteiger charge is -2.30. The zero-order valence-electron chi connectivity index (χ0n) is 30.5. The highest BCUT2D eigenvalue weighted by Gasteiger charge is 2.37. The van der Waals surface area contributed by atoms with Crippen LogP contribution < -0.4 is 5.32 Å². The van der Waals surface area contributed by atoms with Gasteiger partial charge in [0.2, 0.25) is 5.91 Å². The quantitative estimate of drug-likeness (QED) is 0.171. The van der Waals surface area contributed by atoms with Gasteiger partial charge < -0.3 is 24.9 Å². The number of benzene rings is 2. The van der Waals surface area contributed by atoms with Crippen molar-refractivity contribution in [2.75, 3.05) is 13.7 Å². The number of likely N-dealkylation sites (tertiary alicyclic amines) is 1. The summed E-state index contributed by atoms with van der Waals surface area (Å²) in [6.07, 6.45) is 9.53. The molecule has 2 atom stereocenters. The van der Waals surface area contributed by atoms with Crippen LogP contribution in [-0.4, -0.2) is 56.5 Å². The monoisotopic (exact) mass is 684 g/mol. The van der Waals surface area contributed by atoms with Gasteiger partial charge in [-0.2, -0.15) is 0 Å². The Hall–Kier alpha value is -5.28. The maximum atomic E-state index is 13.7. The van der Waals surface area contributed by atoms with Gasteiger partial charge in [-0.05, 0) is 83.6 Å². The van der Waals surface area contributed by atoms with Crippen molar-refractivity contribution in [3.63, 3.8) is 0 Å². The fourth-order valence-corrected chi connectivity index (χ4v) is 7.06. The third-order valence-corrected chi connectivity index (χ3v) is 10.0. The third-order valence-electron chi connectivity index (χ3n) is 10.0. The molecule has 264 valence electrons. The summed E-state index contributed by atoms with van der Waals surface area (Å²) in [4.78, 5) is 43.7. The van der Waals surface area contributed by atoms with Gasteiger partial charge in [0.15, 0.2) is 0 Å². The second-order valence-electron chi connectivity index (χ2n) is 15.0. The summed E-state index contributed by atoms with van der Waals surface area (Å²) in [7, 11) is 1.30. The van der Waals surface area contributed by atoms with E-state index in [1.807, 2.05) is 43.3 Å². The predicted molar refractivity (Wildman–Crippen MR) is 200 cm³/mol. The maximum absolute atomic E-state index is 13.7. The number of carbonyl (C=O) groups is 2. The number of H-pyrrole nitrogens is 2. The minimum absolute atomic E-state index is 0.0177. The van der Waals surface area contributed by atoms with E-state index in [-0.39, 0.29) is 23.3 Å². The molecule has 0 spiro atoms. The van der Waals surface area contributed by atoms with Gasteiger partial charge in [0.1, 0.15) is 23.4 Å². The number of aromatic amines is 2. The highest BCUT2D eigenvalue weighted by Crippen LogP contribution is 2.35. The fourth-order valence-electron chi connectivity index (χ4n) is 7.06. The second-order valence-corrected chi connectivity index (χ2v) is 15.0. The van der Waals surface area contributed by atoms with Crippen LogP contribution in [0.1, 0.15) is 114 Å². The summed E-state index contributed by atoms with van der Waals surface area (Å²) < 4.78 is 4.78. The first-order valence-electron chi connectivity index (χ1n) is 18.0. The number of carbonyl (C=O) groups excluding carboxylic acids is 2. The molecule has 1 saturated carbocycles. The van der Waals surface area contributed by atoms with E-state index in [0.29, 0.717) is 12.5 Å². The molecule has 9 nitrogen and oxygen atoms in total. The summed E-state index contributed by atoms with van der Waals surface area (Å²) in [6, 6.07) is 13.9. The molecule has 2 aromatic heterocycles. The molecule has 1 saturated heterocycles. The summed E-state index contributed by atoms with van der Waals surface area (Å²) in [5.41, 5.74) is 6.76. The van der Waals surface area contributed by atoms with Crippen LogP contribution in [0.25, 0.3) is 22.4 Å². The lowest BCUT2D eigenvalue weighted by molar-refractivity contribution is -0.135. The van der Waals surface area contributed by atoms with Crippen LogP contribution in [0, 0.1) is 29.6 Å². The van der Waals surface area contributed by atoms with Gasteiger partial charge in [-0.25, -0.2) is 14.8 Å². The van der Waals surface area contributed by atoms with Gasteiger partial charge in [0, 0.05) is 23.6 Å². The van der Waals surface area contributed by atoms with Crippen molar-refractivity contribution >= 4 is 12.0 Å². The van der Waals surface area contributed by atoms with Crippen molar-refractivity contribution in [3.8, 4) is 46.1 Å². The summed E-state index contributed by atoms with van der Waals surface area (Å²) >= 11 is 0. The van der Waals surface area contributed by atoms with Gasteiger partial charge in [0.05, 0.1) is 31.2 Å². The zero-order chi connectivity index (χ0) is 36.1. The molecule has 1 aliphatic heterocycles. The van der Waals surface area contributed by atoms with E-state index in [2.05, 4.69) is 95.1 Å². The van der Waals surface area contributed by atoms with Crippen molar-refractivity contribution in [1.82, 2.24) is 30.2 Å². The number of alkyl carbamates (subject to hydrolysis) is 1. The first kappa shape index (κ1) is 35.5. The number of amides is 2. The first-order chi connectivity index (χ1) is 24.5. The van der Waals surface area contributed by atoms with Crippen LogP contribution >= 0.6 is 0 Å². The number of ether oxygens (including phenoxy) is 1. The fraction of sp³-hybridized carbons (Fsp3) is 0.429. The average Bonchev–Trinajstić information content (AvgIpc) is 3.95. The summed E-state index contributed by atoms with van der Waals surface area (Å²) in [5, 5.41) is 2.72. The lowest BCUT2D eigenvalue weighted by atomic mass is 9.85. The molecule has 2 amide bonds. The normalized spacial score (nSPS) is 16.7. The van der Waals surface area contributed by atoms with E-state index < -0.39 is 12.1 Å². The Morgan fingerprint density at radius 3 is 2.43 bits per heavy atom. The highest BCUT2D eigenvalue weighted by molar-refractivity contribution is 5.86. The third kappa shape index (κ3) is 8.21. The minimum Gasteiger partial charge on any atom is -0.453 e. The molecule has 1 aliphatic carbocycles. The number of rotatable bonds is 7. The van der Waals surface area contributed by atoms with E-state index in [0.717, 1.165) is 58.1 Å². The van der Waals surface area contributed by atoms with Crippen molar-refractivity contribution in [3.05, 3.63) is 83.3 Å². The van der Waals surface area contributed by atoms with Gasteiger partial charge >= 0.3 is 6.09 Å². The Bertz CT molecular complexity index is 2000. The Labute approximate surface area is 301 Å². The molecule has 2 aliphatic rings. The molecular weight excluding hydrogens is 637 g/mol. The molecule has 3 N–H and O–H groups in total. The van der Waals surface area contributed by atoms with Crippen LogP contribution in [0.15, 0.2) is 54.9 Å². The largest absolute Gasteiger partial charge is 0.453 e. The number of hydrogen-bond donors (Lipinski definition) is 3. The van der Waals surface area contributed by atoms with E-state index in [1.165, 1.54) is 38.4 Å². The maximum Gasteiger partial charge on any atom is 0.407 e. The highest BCUT2D eigenvalue weighted by atomic mass is 16.5. The molecule has 2 fully saturated rings. The van der Waals surface area contributed by atoms with Gasteiger partial charge in [-0.3, -0.25) is 4.79 Å². The van der Waals surface area contributed by atoms with Crippen LogP contribution in [-0.2, 0) is 14.9 Å². The Kier molecular flexibility index (Phi) is 10.7. The van der Waals surface area contributed by atoms with Crippen molar-refractivity contribution in [2.24, 2.45) is 5.92 Å².